The van der Waals surface area contributed by atoms with Crippen LogP contribution < -0.4 is 4.59 Å². The molecular weight excluding hydrogens is 338 g/mol. The Morgan fingerprint density at radius 1 is 1.24 bits per heavy atom. The zero-order chi connectivity index (χ0) is 15.2. The van der Waals surface area contributed by atoms with E-state index in [-0.39, 0.29) is 26.7 Å². The quantitative estimate of drug-likeness (QED) is 0.556. The molecule has 0 aliphatic carbocycles. The fourth-order valence-corrected chi connectivity index (χ4v) is 3.01. The summed E-state index contributed by atoms with van der Waals surface area (Å²) in [5, 5.41) is 13.9. The third-order valence-corrected chi connectivity index (χ3v) is 3.90. The first-order valence-electron chi connectivity index (χ1n) is 5.66. The molecule has 0 amide bonds. The van der Waals surface area contributed by atoms with Gasteiger partial charge >= 0.3 is 0 Å². The van der Waals surface area contributed by atoms with Crippen molar-refractivity contribution in [2.24, 2.45) is 10.1 Å². The van der Waals surface area contributed by atoms with Crippen molar-refractivity contribution in [2.75, 3.05) is 0 Å². The lowest BCUT2D eigenvalue weighted by molar-refractivity contribution is 0.471. The van der Waals surface area contributed by atoms with Gasteiger partial charge < -0.3 is 0 Å². The van der Waals surface area contributed by atoms with Gasteiger partial charge in [0.1, 0.15) is 28.3 Å². The summed E-state index contributed by atoms with van der Waals surface area (Å²) in [7, 11) is 0. The van der Waals surface area contributed by atoms with Gasteiger partial charge in [-0.2, -0.15) is 10.3 Å². The first-order valence-corrected chi connectivity index (χ1v) is 6.79. The zero-order valence-corrected chi connectivity index (χ0v) is 12.5. The predicted molar refractivity (Wildman–Crippen MR) is 81.6 cm³/mol. The van der Waals surface area contributed by atoms with E-state index in [0.29, 0.717) is 5.69 Å². The molecule has 2 aliphatic heterocycles. The maximum atomic E-state index is 13.3. The van der Waals surface area contributed by atoms with Gasteiger partial charge in [-0.3, -0.25) is 0 Å². The number of halogens is 4. The minimum Gasteiger partial charge on any atom is -0.207 e. The molecule has 0 radical (unpaired) electrons. The van der Waals surface area contributed by atoms with Crippen LogP contribution in [0, 0.1) is 17.1 Å². The summed E-state index contributed by atoms with van der Waals surface area (Å²) < 4.78 is 12.8. The fraction of sp³-hybridized carbons (Fsp3) is 0. The number of benzene rings is 1. The summed E-state index contributed by atoms with van der Waals surface area (Å²) in [6, 6.07) is 5.80. The van der Waals surface area contributed by atoms with Gasteiger partial charge in [0.2, 0.25) is 5.16 Å². The van der Waals surface area contributed by atoms with Gasteiger partial charge in [0.05, 0.1) is 6.08 Å². The Morgan fingerprint density at radius 2 is 2.00 bits per heavy atom. The second kappa shape index (κ2) is 4.93. The van der Waals surface area contributed by atoms with E-state index in [1.807, 2.05) is 6.07 Å². The van der Waals surface area contributed by atoms with Gasteiger partial charge in [0.15, 0.2) is 11.3 Å². The number of nitrogens with zero attached hydrogens (tertiary/aromatic N) is 4. The van der Waals surface area contributed by atoms with Crippen molar-refractivity contribution in [3.63, 3.8) is 0 Å². The molecule has 21 heavy (non-hydrogen) atoms. The number of fused-ring (bicyclic) bond motifs is 1. The summed E-state index contributed by atoms with van der Waals surface area (Å²) in [4.78, 5) is 4.13. The molecule has 0 bridgehead atoms. The van der Waals surface area contributed by atoms with Crippen molar-refractivity contribution in [3.8, 4) is 6.07 Å². The van der Waals surface area contributed by atoms with Crippen LogP contribution in [-0.2, 0) is 0 Å². The average molecular weight is 343 g/mol. The van der Waals surface area contributed by atoms with E-state index in [1.54, 1.807) is 0 Å². The molecule has 0 spiro atoms. The number of aliphatic imine (C=N–C) groups is 1. The average Bonchev–Trinajstić information content (AvgIpc) is 2.78. The molecule has 2 aliphatic rings. The molecule has 0 fully saturated rings. The second-order valence-electron chi connectivity index (χ2n) is 4.23. The summed E-state index contributed by atoms with van der Waals surface area (Å²) in [5.41, 5.74) is 0.587. The standard InChI is InChI=1S/C13H5Cl3FN4/c14-9-3-8(17)1-2-10(9)21-12(16)4-11(15)20-13(21)7(5-18)6-19-21/h1-4,6H/q+1. The molecule has 0 aromatic heterocycles. The monoisotopic (exact) mass is 341 g/mol. The number of hydrogen-bond donors (Lipinski definition) is 0. The Bertz CT molecular complexity index is 819. The lowest BCUT2D eigenvalue weighted by Gasteiger charge is -2.29. The summed E-state index contributed by atoms with van der Waals surface area (Å²) >= 11 is 18.3. The van der Waals surface area contributed by atoms with Gasteiger partial charge in [-0.15, -0.1) is 0 Å². The van der Waals surface area contributed by atoms with Gasteiger partial charge in [0, 0.05) is 6.07 Å². The summed E-state index contributed by atoms with van der Waals surface area (Å²) in [5.74, 6) is -0.265. The smallest absolute Gasteiger partial charge is 0.207 e. The summed E-state index contributed by atoms with van der Waals surface area (Å²) in [6.07, 6.45) is 2.74. The molecular formula is C13H5Cl3FN4+. The van der Waals surface area contributed by atoms with Crippen LogP contribution >= 0.6 is 34.8 Å². The lowest BCUT2D eigenvalue weighted by atomic mass is 10.2. The van der Waals surface area contributed by atoms with Crippen LogP contribution in [0.1, 0.15) is 0 Å². The van der Waals surface area contributed by atoms with Crippen molar-refractivity contribution >= 4 is 51.9 Å². The molecule has 104 valence electrons. The Balaban J connectivity index is 2.33. The fourth-order valence-electron chi connectivity index (χ4n) is 2.16. The lowest BCUT2D eigenvalue weighted by Crippen LogP contribution is -2.40. The number of nitriles is 1. The minimum absolute atomic E-state index is 0.114. The van der Waals surface area contributed by atoms with E-state index in [1.165, 1.54) is 24.4 Å². The molecule has 3 rings (SSSR count). The third kappa shape index (κ3) is 2.00. The van der Waals surface area contributed by atoms with Crippen LogP contribution in [0.15, 0.2) is 50.9 Å². The van der Waals surface area contributed by atoms with E-state index in [2.05, 4.69) is 10.1 Å². The highest BCUT2D eigenvalue weighted by Crippen LogP contribution is 2.46. The Labute approximate surface area is 134 Å². The van der Waals surface area contributed by atoms with Crippen molar-refractivity contribution in [2.45, 2.75) is 0 Å². The van der Waals surface area contributed by atoms with Crippen LogP contribution in [0.3, 0.4) is 0 Å². The molecule has 1 aromatic carbocycles. The van der Waals surface area contributed by atoms with Crippen LogP contribution in [0.2, 0.25) is 5.02 Å². The molecule has 1 unspecified atom stereocenters. The second-order valence-corrected chi connectivity index (χ2v) is 5.41. The normalized spacial score (nSPS) is 23.6. The van der Waals surface area contributed by atoms with E-state index >= 15 is 0 Å². The van der Waals surface area contributed by atoms with Crippen LogP contribution in [0.5, 0.6) is 0 Å². The van der Waals surface area contributed by atoms with Gasteiger partial charge in [-0.1, -0.05) is 32.9 Å². The van der Waals surface area contributed by atoms with Crippen LogP contribution in [0.4, 0.5) is 10.1 Å². The molecule has 0 saturated heterocycles. The Kier molecular flexibility index (Phi) is 3.34. The third-order valence-electron chi connectivity index (χ3n) is 3.05. The zero-order valence-electron chi connectivity index (χ0n) is 10.2. The van der Waals surface area contributed by atoms with Crippen LogP contribution in [0.25, 0.3) is 0 Å². The Morgan fingerprint density at radius 3 is 2.67 bits per heavy atom. The Hall–Kier alpha value is -1.71. The first-order chi connectivity index (χ1) is 9.99. The maximum absolute atomic E-state index is 13.3. The molecule has 0 saturated carbocycles. The molecule has 4 nitrogen and oxygen atoms in total. The highest BCUT2D eigenvalue weighted by Gasteiger charge is 2.50. The molecule has 2 heterocycles. The number of quaternary nitrogens is 1. The van der Waals surface area contributed by atoms with E-state index in [4.69, 9.17) is 34.8 Å². The van der Waals surface area contributed by atoms with Gasteiger partial charge in [0.25, 0.3) is 5.82 Å². The molecule has 1 atom stereocenters. The largest absolute Gasteiger partial charge is 0.287 e. The van der Waals surface area contributed by atoms with E-state index in [9.17, 15) is 9.65 Å². The highest BCUT2D eigenvalue weighted by atomic mass is 35.5. The van der Waals surface area contributed by atoms with Gasteiger partial charge in [-0.05, 0) is 23.7 Å². The number of hydrogen-bond acceptors (Lipinski definition) is 3. The molecule has 0 N–H and O–H groups in total. The van der Waals surface area contributed by atoms with Crippen LogP contribution in [-0.4, -0.2) is 11.4 Å². The SMILES string of the molecule is N#CC1=C2N=C(Cl)C=C(Cl)[N+]2(c2ccc(F)cc2Cl)N=C1. The van der Waals surface area contributed by atoms with Gasteiger partial charge in [-0.25, -0.2) is 4.39 Å². The minimum atomic E-state index is -0.491. The molecule has 1 aromatic rings. The topological polar surface area (TPSA) is 48.5 Å². The predicted octanol–water partition coefficient (Wildman–Crippen LogP) is 4.25. The highest BCUT2D eigenvalue weighted by molar-refractivity contribution is 6.69. The number of rotatable bonds is 1. The van der Waals surface area contributed by atoms with Crippen molar-refractivity contribution in [3.05, 3.63) is 51.7 Å². The molecule has 8 heteroatoms. The van der Waals surface area contributed by atoms with Crippen molar-refractivity contribution in [1.82, 2.24) is 4.59 Å². The maximum Gasteiger partial charge on any atom is 0.287 e. The van der Waals surface area contributed by atoms with Crippen molar-refractivity contribution in [1.29, 1.82) is 5.26 Å². The number of allylic oxidation sites excluding steroid dienone is 2. The van der Waals surface area contributed by atoms with E-state index < -0.39 is 10.4 Å². The van der Waals surface area contributed by atoms with E-state index in [0.717, 1.165) is 6.07 Å². The first kappa shape index (κ1) is 14.2. The summed E-state index contributed by atoms with van der Waals surface area (Å²) in [6.45, 7) is 0. The van der Waals surface area contributed by atoms with Crippen molar-refractivity contribution < 1.29 is 4.39 Å².